The Morgan fingerprint density at radius 2 is 2.21 bits per heavy atom. The van der Waals surface area contributed by atoms with Gasteiger partial charge in [0.1, 0.15) is 13.2 Å². The average molecular weight is 202 g/mol. The van der Waals surface area contributed by atoms with Crippen molar-refractivity contribution in [1.82, 2.24) is 10.2 Å². The second kappa shape index (κ2) is 4.16. The van der Waals surface area contributed by atoms with Crippen LogP contribution < -0.4 is 5.32 Å². The summed E-state index contributed by atoms with van der Waals surface area (Å²) < 4.78 is 4.65. The molecule has 0 bridgehead atoms. The van der Waals surface area contributed by atoms with Crippen LogP contribution in [0.3, 0.4) is 0 Å². The van der Waals surface area contributed by atoms with Crippen molar-refractivity contribution in [3.8, 4) is 0 Å². The molecule has 0 aromatic heterocycles. The Kier molecular flexibility index (Phi) is 3.15. The van der Waals surface area contributed by atoms with E-state index in [1.54, 1.807) is 0 Å². The number of aliphatic hydroxyl groups excluding tert-OH is 1. The van der Waals surface area contributed by atoms with E-state index in [9.17, 15) is 14.4 Å². The first-order valence-corrected chi connectivity index (χ1v) is 3.94. The van der Waals surface area contributed by atoms with Gasteiger partial charge in [-0.2, -0.15) is 0 Å². The Labute approximate surface area is 79.6 Å². The third-order valence-electron chi connectivity index (χ3n) is 1.55. The number of imide groups is 2. The fourth-order valence-electron chi connectivity index (χ4n) is 0.890. The van der Waals surface area contributed by atoms with Gasteiger partial charge >= 0.3 is 6.03 Å². The Morgan fingerprint density at radius 3 is 2.71 bits per heavy atom. The van der Waals surface area contributed by atoms with Gasteiger partial charge < -0.3 is 9.84 Å². The van der Waals surface area contributed by atoms with Gasteiger partial charge in [0, 0.05) is 0 Å². The van der Waals surface area contributed by atoms with Gasteiger partial charge in [0.05, 0.1) is 0 Å². The summed E-state index contributed by atoms with van der Waals surface area (Å²) in [5.74, 6) is -1.27. The summed E-state index contributed by atoms with van der Waals surface area (Å²) in [4.78, 5) is 33.6. The highest BCUT2D eigenvalue weighted by Gasteiger charge is 2.30. The maximum absolute atomic E-state index is 11.1. The fraction of sp³-hybridized carbons (Fsp3) is 0.571. The van der Waals surface area contributed by atoms with Crippen molar-refractivity contribution in [2.75, 3.05) is 6.73 Å². The van der Waals surface area contributed by atoms with Crippen molar-refractivity contribution in [2.24, 2.45) is 0 Å². The number of amides is 4. The summed E-state index contributed by atoms with van der Waals surface area (Å²) in [7, 11) is 0. The van der Waals surface area contributed by atoms with Gasteiger partial charge in [-0.1, -0.05) is 0 Å². The zero-order valence-corrected chi connectivity index (χ0v) is 7.52. The first-order valence-electron chi connectivity index (χ1n) is 3.94. The van der Waals surface area contributed by atoms with Crippen LogP contribution in [-0.4, -0.2) is 40.9 Å². The standard InChI is InChI=1S/C7H10N2O5/c1-4(10)14-3-9-6(12)2-5(11)8-7(9)13/h4,10H,2-3H2,1H3,(H,8,11,13). The molecule has 7 nitrogen and oxygen atoms in total. The van der Waals surface area contributed by atoms with Crippen LogP contribution in [0.5, 0.6) is 0 Å². The topological polar surface area (TPSA) is 95.9 Å². The number of aliphatic hydroxyl groups is 1. The molecule has 7 heteroatoms. The number of rotatable bonds is 3. The smallest absolute Gasteiger partial charge is 0.332 e. The molecule has 78 valence electrons. The fourth-order valence-corrected chi connectivity index (χ4v) is 0.890. The van der Waals surface area contributed by atoms with Crippen molar-refractivity contribution in [3.63, 3.8) is 0 Å². The van der Waals surface area contributed by atoms with Gasteiger partial charge in [-0.15, -0.1) is 0 Å². The maximum Gasteiger partial charge on any atom is 0.332 e. The first-order chi connectivity index (χ1) is 6.50. The number of carbonyl (C=O) groups excluding carboxylic acids is 3. The highest BCUT2D eigenvalue weighted by Crippen LogP contribution is 2.03. The number of carbonyl (C=O) groups is 3. The molecule has 0 radical (unpaired) electrons. The Bertz CT molecular complexity index is 255. The molecule has 0 aromatic carbocycles. The van der Waals surface area contributed by atoms with Crippen molar-refractivity contribution in [1.29, 1.82) is 0 Å². The molecule has 1 rings (SSSR count). The Morgan fingerprint density at radius 1 is 1.57 bits per heavy atom. The predicted molar refractivity (Wildman–Crippen MR) is 42.6 cm³/mol. The minimum Gasteiger partial charge on any atom is -0.368 e. The predicted octanol–water partition coefficient (Wildman–Crippen LogP) is -1.23. The van der Waals surface area contributed by atoms with Gasteiger partial charge in [0.2, 0.25) is 11.8 Å². The van der Waals surface area contributed by atoms with Gasteiger partial charge in [-0.05, 0) is 6.92 Å². The number of ether oxygens (including phenoxy) is 1. The van der Waals surface area contributed by atoms with Crippen LogP contribution in [0.1, 0.15) is 13.3 Å². The largest absolute Gasteiger partial charge is 0.368 e. The molecule has 14 heavy (non-hydrogen) atoms. The van der Waals surface area contributed by atoms with E-state index in [4.69, 9.17) is 5.11 Å². The quantitative estimate of drug-likeness (QED) is 0.441. The number of barbiturate groups is 1. The van der Waals surface area contributed by atoms with Crippen molar-refractivity contribution < 1.29 is 24.2 Å². The van der Waals surface area contributed by atoms with Gasteiger partial charge in [0.25, 0.3) is 0 Å². The molecule has 4 amide bonds. The van der Waals surface area contributed by atoms with E-state index < -0.39 is 24.1 Å². The number of nitrogens with one attached hydrogen (secondary N) is 1. The van der Waals surface area contributed by atoms with Crippen molar-refractivity contribution in [3.05, 3.63) is 0 Å². The third-order valence-corrected chi connectivity index (χ3v) is 1.55. The lowest BCUT2D eigenvalue weighted by Crippen LogP contribution is -2.53. The summed E-state index contributed by atoms with van der Waals surface area (Å²) in [5, 5.41) is 10.7. The number of hydrogen-bond acceptors (Lipinski definition) is 5. The second-order valence-electron chi connectivity index (χ2n) is 2.75. The van der Waals surface area contributed by atoms with Gasteiger partial charge in [0.15, 0.2) is 6.29 Å². The zero-order chi connectivity index (χ0) is 10.7. The van der Waals surface area contributed by atoms with E-state index in [2.05, 4.69) is 4.74 Å². The summed E-state index contributed by atoms with van der Waals surface area (Å²) in [5.41, 5.74) is 0. The molecule has 0 aliphatic carbocycles. The molecule has 1 fully saturated rings. The summed E-state index contributed by atoms with van der Waals surface area (Å²) >= 11 is 0. The normalized spacial score (nSPS) is 19.6. The van der Waals surface area contributed by atoms with Gasteiger partial charge in [-0.3, -0.25) is 14.9 Å². The van der Waals surface area contributed by atoms with Crippen molar-refractivity contribution in [2.45, 2.75) is 19.6 Å². The van der Waals surface area contributed by atoms with E-state index in [-0.39, 0.29) is 13.2 Å². The molecule has 1 aliphatic rings. The molecule has 0 spiro atoms. The second-order valence-corrected chi connectivity index (χ2v) is 2.75. The molecular formula is C7H10N2O5. The molecule has 0 saturated carbocycles. The van der Waals surface area contributed by atoms with E-state index in [0.717, 1.165) is 0 Å². The lowest BCUT2D eigenvalue weighted by molar-refractivity contribution is -0.149. The highest BCUT2D eigenvalue weighted by atomic mass is 16.6. The van der Waals surface area contributed by atoms with Crippen LogP contribution in [0, 0.1) is 0 Å². The van der Waals surface area contributed by atoms with Crippen LogP contribution >= 0.6 is 0 Å². The maximum atomic E-state index is 11.1. The lowest BCUT2D eigenvalue weighted by atomic mass is 10.3. The SMILES string of the molecule is CC(O)OCN1C(=O)CC(=O)NC1=O. The Hall–Kier alpha value is -1.47. The molecule has 0 aromatic rings. The van der Waals surface area contributed by atoms with Crippen LogP contribution in [0.2, 0.25) is 0 Å². The molecule has 1 atom stereocenters. The number of urea groups is 1. The molecular weight excluding hydrogens is 192 g/mol. The molecule has 1 saturated heterocycles. The lowest BCUT2D eigenvalue weighted by Gasteiger charge is -2.24. The summed E-state index contributed by atoms with van der Waals surface area (Å²) in [6.45, 7) is 0.979. The minimum absolute atomic E-state index is 0.365. The molecule has 1 unspecified atom stereocenters. The summed E-state index contributed by atoms with van der Waals surface area (Å²) in [6.07, 6.45) is -1.46. The first kappa shape index (κ1) is 10.6. The van der Waals surface area contributed by atoms with Crippen LogP contribution in [0.4, 0.5) is 4.79 Å². The molecule has 1 aliphatic heterocycles. The third kappa shape index (κ3) is 2.51. The van der Waals surface area contributed by atoms with Crippen LogP contribution in [-0.2, 0) is 14.3 Å². The Balaban J connectivity index is 2.54. The van der Waals surface area contributed by atoms with E-state index >= 15 is 0 Å². The molecule has 1 heterocycles. The van der Waals surface area contributed by atoms with E-state index in [0.29, 0.717) is 4.90 Å². The average Bonchev–Trinajstić information content (AvgIpc) is 2.01. The van der Waals surface area contributed by atoms with E-state index in [1.165, 1.54) is 6.92 Å². The summed E-state index contributed by atoms with van der Waals surface area (Å²) in [6, 6.07) is -0.827. The van der Waals surface area contributed by atoms with Crippen LogP contribution in [0.25, 0.3) is 0 Å². The zero-order valence-electron chi connectivity index (χ0n) is 7.52. The van der Waals surface area contributed by atoms with Crippen LogP contribution in [0.15, 0.2) is 0 Å². The van der Waals surface area contributed by atoms with Gasteiger partial charge in [-0.25, -0.2) is 9.69 Å². The highest BCUT2D eigenvalue weighted by molar-refractivity contribution is 6.13. The number of nitrogens with zero attached hydrogens (tertiary/aromatic N) is 1. The van der Waals surface area contributed by atoms with Crippen molar-refractivity contribution >= 4 is 17.8 Å². The van der Waals surface area contributed by atoms with E-state index in [1.807, 2.05) is 5.32 Å². The minimum atomic E-state index is -1.08. The monoisotopic (exact) mass is 202 g/mol. The molecule has 2 N–H and O–H groups in total. The number of hydrogen-bond donors (Lipinski definition) is 2.